The molecule has 0 saturated carbocycles. The summed E-state index contributed by atoms with van der Waals surface area (Å²) in [6, 6.07) is 10.8. The van der Waals surface area contributed by atoms with E-state index in [-0.39, 0.29) is 24.1 Å². The van der Waals surface area contributed by atoms with Crippen LogP contribution in [-0.2, 0) is 4.79 Å². The average molecular weight is 285 g/mol. The van der Waals surface area contributed by atoms with Crippen LogP contribution < -0.4 is 10.1 Å². The highest BCUT2D eigenvalue weighted by molar-refractivity contribution is 5.97. The molecule has 3 rings (SSSR count). The summed E-state index contributed by atoms with van der Waals surface area (Å²) in [5.41, 5.74) is 0.137. The van der Waals surface area contributed by atoms with Gasteiger partial charge in [-0.25, -0.2) is 4.79 Å². The zero-order chi connectivity index (χ0) is 14.8. The van der Waals surface area contributed by atoms with E-state index in [9.17, 15) is 14.7 Å². The van der Waals surface area contributed by atoms with E-state index in [1.165, 1.54) is 0 Å². The number of nitrogens with one attached hydrogen (secondary N) is 1. The average Bonchev–Trinajstić information content (AvgIpc) is 2.89. The lowest BCUT2D eigenvalue weighted by Crippen LogP contribution is -2.31. The molecule has 1 unspecified atom stereocenters. The van der Waals surface area contributed by atoms with Gasteiger partial charge >= 0.3 is 5.97 Å². The van der Waals surface area contributed by atoms with Gasteiger partial charge in [-0.3, -0.25) is 4.79 Å². The summed E-state index contributed by atoms with van der Waals surface area (Å²) >= 11 is 0. The summed E-state index contributed by atoms with van der Waals surface area (Å²) in [6.07, 6.45) is 1.21. The van der Waals surface area contributed by atoms with Crippen LogP contribution >= 0.6 is 0 Å². The summed E-state index contributed by atoms with van der Waals surface area (Å²) in [5, 5.41) is 13.9. The molecule has 1 fully saturated rings. The Balaban J connectivity index is 1.87. The number of carboxylic acids is 1. The van der Waals surface area contributed by atoms with Crippen molar-refractivity contribution in [3.05, 3.63) is 42.0 Å². The highest BCUT2D eigenvalue weighted by atomic mass is 16.5. The molecule has 0 aromatic heterocycles. The topological polar surface area (TPSA) is 75.6 Å². The minimum absolute atomic E-state index is 0.0144. The Morgan fingerprint density at radius 3 is 2.62 bits per heavy atom. The largest absolute Gasteiger partial charge is 0.491 e. The van der Waals surface area contributed by atoms with Crippen LogP contribution in [0.5, 0.6) is 5.75 Å². The van der Waals surface area contributed by atoms with Crippen LogP contribution in [0, 0.1) is 0 Å². The number of amides is 1. The zero-order valence-electron chi connectivity index (χ0n) is 11.3. The first-order valence-corrected chi connectivity index (χ1v) is 6.82. The number of benzene rings is 2. The Hall–Kier alpha value is -2.56. The summed E-state index contributed by atoms with van der Waals surface area (Å²) in [5.74, 6) is -0.672. The quantitative estimate of drug-likeness (QED) is 0.903. The number of carboxylic acid groups (broad SMARTS) is 1. The van der Waals surface area contributed by atoms with Gasteiger partial charge in [0.15, 0.2) is 0 Å². The van der Waals surface area contributed by atoms with E-state index in [1.807, 2.05) is 24.3 Å². The van der Waals surface area contributed by atoms with Crippen molar-refractivity contribution in [3.8, 4) is 5.75 Å². The molecule has 1 aliphatic rings. The fourth-order valence-corrected chi connectivity index (χ4v) is 2.50. The first-order valence-electron chi connectivity index (χ1n) is 6.82. The molecule has 21 heavy (non-hydrogen) atoms. The fourth-order valence-electron chi connectivity index (χ4n) is 2.50. The van der Waals surface area contributed by atoms with Gasteiger partial charge in [-0.15, -0.1) is 0 Å². The van der Waals surface area contributed by atoms with E-state index in [1.54, 1.807) is 12.1 Å². The van der Waals surface area contributed by atoms with Crippen molar-refractivity contribution < 1.29 is 19.4 Å². The number of ether oxygens (including phenoxy) is 1. The van der Waals surface area contributed by atoms with E-state index in [0.717, 1.165) is 17.2 Å². The minimum atomic E-state index is -1.02. The van der Waals surface area contributed by atoms with Crippen molar-refractivity contribution in [3.63, 3.8) is 0 Å². The fraction of sp³-hybridized carbons (Fsp3) is 0.250. The molecule has 0 spiro atoms. The van der Waals surface area contributed by atoms with Gasteiger partial charge in [0, 0.05) is 6.42 Å². The number of carbonyl (C=O) groups is 2. The Bertz CT molecular complexity index is 710. The van der Waals surface area contributed by atoms with Gasteiger partial charge in [0.25, 0.3) is 0 Å². The van der Waals surface area contributed by atoms with Gasteiger partial charge in [0.1, 0.15) is 17.9 Å². The smallest absolute Gasteiger partial charge is 0.339 e. The third-order valence-corrected chi connectivity index (χ3v) is 3.60. The van der Waals surface area contributed by atoms with Crippen molar-refractivity contribution in [1.29, 1.82) is 0 Å². The minimum Gasteiger partial charge on any atom is -0.491 e. The third kappa shape index (κ3) is 2.81. The van der Waals surface area contributed by atoms with Gasteiger partial charge < -0.3 is 15.2 Å². The van der Waals surface area contributed by atoms with Crippen LogP contribution in [0.15, 0.2) is 36.4 Å². The van der Waals surface area contributed by atoms with Crippen molar-refractivity contribution in [1.82, 2.24) is 5.32 Å². The maximum Gasteiger partial charge on any atom is 0.339 e. The second-order valence-corrected chi connectivity index (χ2v) is 5.11. The number of hydrogen-bond acceptors (Lipinski definition) is 3. The Kier molecular flexibility index (Phi) is 3.48. The lowest BCUT2D eigenvalue weighted by atomic mass is 10.1. The van der Waals surface area contributed by atoms with E-state index in [2.05, 4.69) is 5.32 Å². The highest BCUT2D eigenvalue weighted by Gasteiger charge is 2.22. The molecule has 1 saturated heterocycles. The molecular formula is C16H15NO4. The highest BCUT2D eigenvalue weighted by Crippen LogP contribution is 2.26. The number of hydrogen-bond donors (Lipinski definition) is 2. The van der Waals surface area contributed by atoms with Crippen molar-refractivity contribution in [2.75, 3.05) is 6.61 Å². The van der Waals surface area contributed by atoms with E-state index in [0.29, 0.717) is 12.2 Å². The first-order chi connectivity index (χ1) is 10.1. The molecule has 108 valence electrons. The normalized spacial score (nSPS) is 17.7. The first kappa shape index (κ1) is 13.4. The maximum atomic E-state index is 11.4. The number of aromatic carboxylic acids is 1. The van der Waals surface area contributed by atoms with Crippen molar-refractivity contribution >= 4 is 22.6 Å². The van der Waals surface area contributed by atoms with Gasteiger partial charge in [-0.1, -0.05) is 24.3 Å². The van der Waals surface area contributed by atoms with E-state index < -0.39 is 5.97 Å². The van der Waals surface area contributed by atoms with E-state index >= 15 is 0 Å². The van der Waals surface area contributed by atoms with Gasteiger partial charge in [0.2, 0.25) is 5.91 Å². The van der Waals surface area contributed by atoms with Crippen molar-refractivity contribution in [2.45, 2.75) is 18.9 Å². The molecule has 5 nitrogen and oxygen atoms in total. The summed E-state index contributed by atoms with van der Waals surface area (Å²) < 4.78 is 5.64. The standard InChI is InChI=1S/C16H15NO4/c18-15-6-5-12(17-15)9-21-14-8-11-4-2-1-3-10(11)7-13(14)16(19)20/h1-4,7-8,12H,5-6,9H2,(H,17,18)(H,19,20). The second kappa shape index (κ2) is 5.44. The van der Waals surface area contributed by atoms with Crippen molar-refractivity contribution in [2.24, 2.45) is 0 Å². The van der Waals surface area contributed by atoms with E-state index in [4.69, 9.17) is 4.74 Å². The second-order valence-electron chi connectivity index (χ2n) is 5.11. The SMILES string of the molecule is O=C1CCC(COc2cc3ccccc3cc2C(=O)O)N1. The van der Waals surface area contributed by atoms with Crippen LogP contribution in [0.2, 0.25) is 0 Å². The molecule has 0 radical (unpaired) electrons. The number of fused-ring (bicyclic) bond motifs is 1. The van der Waals surface area contributed by atoms with Gasteiger partial charge in [0.05, 0.1) is 6.04 Å². The molecule has 1 amide bonds. The molecule has 2 aromatic rings. The monoisotopic (exact) mass is 285 g/mol. The Labute approximate surface area is 121 Å². The molecule has 5 heteroatoms. The van der Waals surface area contributed by atoms with Crippen LogP contribution in [0.25, 0.3) is 10.8 Å². The molecular weight excluding hydrogens is 270 g/mol. The van der Waals surface area contributed by atoms with Gasteiger partial charge in [-0.05, 0) is 29.3 Å². The van der Waals surface area contributed by atoms with Crippen LogP contribution in [0.4, 0.5) is 0 Å². The molecule has 1 heterocycles. The summed E-state index contributed by atoms with van der Waals surface area (Å²) in [4.78, 5) is 22.5. The summed E-state index contributed by atoms with van der Waals surface area (Å²) in [7, 11) is 0. The molecule has 2 N–H and O–H groups in total. The predicted molar refractivity (Wildman–Crippen MR) is 77.6 cm³/mol. The molecule has 1 atom stereocenters. The molecule has 0 bridgehead atoms. The lowest BCUT2D eigenvalue weighted by molar-refractivity contribution is -0.119. The van der Waals surface area contributed by atoms with Gasteiger partial charge in [-0.2, -0.15) is 0 Å². The van der Waals surface area contributed by atoms with Crippen LogP contribution in [0.3, 0.4) is 0 Å². The molecule has 1 aliphatic heterocycles. The Morgan fingerprint density at radius 1 is 1.29 bits per heavy atom. The lowest BCUT2D eigenvalue weighted by Gasteiger charge is -2.14. The molecule has 0 aliphatic carbocycles. The third-order valence-electron chi connectivity index (χ3n) is 3.60. The summed E-state index contributed by atoms with van der Waals surface area (Å²) in [6.45, 7) is 0.282. The number of rotatable bonds is 4. The Morgan fingerprint density at radius 2 is 2.00 bits per heavy atom. The van der Waals surface area contributed by atoms with Crippen LogP contribution in [0.1, 0.15) is 23.2 Å². The maximum absolute atomic E-state index is 11.4. The number of carbonyl (C=O) groups excluding carboxylic acids is 1. The van der Waals surface area contributed by atoms with Crippen LogP contribution in [-0.4, -0.2) is 29.6 Å². The predicted octanol–water partition coefficient (Wildman–Crippen LogP) is 2.20. The molecule has 2 aromatic carbocycles. The zero-order valence-corrected chi connectivity index (χ0v) is 11.3.